The summed E-state index contributed by atoms with van der Waals surface area (Å²) in [6, 6.07) is 4.57. The minimum atomic E-state index is -0.573. The van der Waals surface area contributed by atoms with E-state index >= 15 is 0 Å². The fraction of sp³-hybridized carbons (Fsp3) is 0.500. The first-order chi connectivity index (χ1) is 12.9. The van der Waals surface area contributed by atoms with Gasteiger partial charge in [0.25, 0.3) is 0 Å². The van der Waals surface area contributed by atoms with Crippen LogP contribution in [0.5, 0.6) is 5.75 Å². The number of benzene rings is 1. The van der Waals surface area contributed by atoms with E-state index in [0.29, 0.717) is 22.9 Å². The second-order valence-corrected chi connectivity index (χ2v) is 8.11. The number of allylic oxidation sites excluding steroid dienone is 1. The van der Waals surface area contributed by atoms with Crippen molar-refractivity contribution in [2.24, 2.45) is 5.92 Å². The number of amides is 2. The van der Waals surface area contributed by atoms with Gasteiger partial charge in [0.2, 0.25) is 0 Å². The molecule has 2 amide bonds. The Balaban J connectivity index is 1.85. The molecule has 1 saturated carbocycles. The molecule has 146 valence electrons. The molecule has 27 heavy (non-hydrogen) atoms. The molecule has 2 aliphatic rings. The maximum atomic E-state index is 12.9. The van der Waals surface area contributed by atoms with Crippen LogP contribution in [0, 0.1) is 5.92 Å². The molecular formula is C20H25BrN2O4. The SMILES string of the molecule is COc1ccc([C@H]2NC(=O)NC(C)=C2C(=O)OC2CCC(C)CC2)cc1Br. The van der Waals surface area contributed by atoms with E-state index in [1.807, 2.05) is 12.1 Å². The van der Waals surface area contributed by atoms with E-state index in [4.69, 9.17) is 9.47 Å². The Hall–Kier alpha value is -2.02. The van der Waals surface area contributed by atoms with Crippen molar-refractivity contribution in [3.05, 3.63) is 39.5 Å². The Morgan fingerprint density at radius 1 is 1.22 bits per heavy atom. The van der Waals surface area contributed by atoms with Crippen molar-refractivity contribution in [3.8, 4) is 5.75 Å². The molecule has 0 spiro atoms. The third kappa shape index (κ3) is 4.46. The Bertz CT molecular complexity index is 769. The number of carbonyl (C=O) groups is 2. The molecule has 0 aromatic heterocycles. The molecule has 1 aromatic carbocycles. The van der Waals surface area contributed by atoms with Gasteiger partial charge in [-0.25, -0.2) is 9.59 Å². The van der Waals surface area contributed by atoms with Crippen molar-refractivity contribution in [1.82, 2.24) is 10.6 Å². The number of urea groups is 1. The van der Waals surface area contributed by atoms with Crippen LogP contribution in [0.4, 0.5) is 4.79 Å². The Labute approximate surface area is 167 Å². The largest absolute Gasteiger partial charge is 0.496 e. The number of methoxy groups -OCH3 is 1. The molecule has 7 heteroatoms. The number of halogens is 1. The van der Waals surface area contributed by atoms with Gasteiger partial charge in [-0.05, 0) is 72.2 Å². The lowest BCUT2D eigenvalue weighted by Gasteiger charge is -2.31. The van der Waals surface area contributed by atoms with E-state index in [9.17, 15) is 9.59 Å². The number of nitrogens with one attached hydrogen (secondary N) is 2. The molecule has 0 radical (unpaired) electrons. The van der Waals surface area contributed by atoms with Crippen molar-refractivity contribution < 1.29 is 19.1 Å². The third-order valence-electron chi connectivity index (χ3n) is 5.23. The van der Waals surface area contributed by atoms with E-state index < -0.39 is 6.04 Å². The first kappa shape index (κ1) is 19.7. The monoisotopic (exact) mass is 436 g/mol. The molecule has 2 N–H and O–H groups in total. The van der Waals surface area contributed by atoms with Crippen LogP contribution in [-0.4, -0.2) is 25.2 Å². The first-order valence-corrected chi connectivity index (χ1v) is 10.0. The second-order valence-electron chi connectivity index (χ2n) is 7.25. The number of rotatable bonds is 4. The summed E-state index contributed by atoms with van der Waals surface area (Å²) in [5, 5.41) is 5.52. The van der Waals surface area contributed by atoms with Crippen molar-refractivity contribution >= 4 is 27.9 Å². The lowest BCUT2D eigenvalue weighted by atomic mass is 9.89. The van der Waals surface area contributed by atoms with Gasteiger partial charge in [0, 0.05) is 5.70 Å². The molecular weight excluding hydrogens is 412 g/mol. The van der Waals surface area contributed by atoms with E-state index in [-0.39, 0.29) is 18.1 Å². The number of ether oxygens (including phenoxy) is 2. The fourth-order valence-corrected chi connectivity index (χ4v) is 4.20. The first-order valence-electron chi connectivity index (χ1n) is 9.21. The zero-order valence-electron chi connectivity index (χ0n) is 15.8. The molecule has 1 aliphatic heterocycles. The molecule has 1 heterocycles. The van der Waals surface area contributed by atoms with Crippen LogP contribution in [0.3, 0.4) is 0 Å². The van der Waals surface area contributed by atoms with Gasteiger partial charge in [0.1, 0.15) is 11.9 Å². The standard InChI is InChI=1S/C20H25BrN2O4/c1-11-4-7-14(8-5-11)27-19(24)17-12(2)22-20(25)23-18(17)13-6-9-16(26-3)15(21)10-13/h6,9-11,14,18H,4-5,7-8H2,1-3H3,(H2,22,23,25)/t11?,14?,18-/m1/s1. The van der Waals surface area contributed by atoms with Crippen LogP contribution in [-0.2, 0) is 9.53 Å². The Morgan fingerprint density at radius 3 is 2.56 bits per heavy atom. The predicted molar refractivity (Wildman–Crippen MR) is 105 cm³/mol. The average molecular weight is 437 g/mol. The molecule has 1 atom stereocenters. The van der Waals surface area contributed by atoms with Gasteiger partial charge in [-0.15, -0.1) is 0 Å². The molecule has 1 aliphatic carbocycles. The van der Waals surface area contributed by atoms with Gasteiger partial charge in [-0.3, -0.25) is 0 Å². The summed E-state index contributed by atoms with van der Waals surface area (Å²) in [4.78, 5) is 25.0. The highest BCUT2D eigenvalue weighted by molar-refractivity contribution is 9.10. The van der Waals surface area contributed by atoms with Gasteiger partial charge in [-0.1, -0.05) is 13.0 Å². The summed E-state index contributed by atoms with van der Waals surface area (Å²) in [5.74, 6) is 0.984. The molecule has 3 rings (SSSR count). The highest BCUT2D eigenvalue weighted by Crippen LogP contribution is 2.34. The van der Waals surface area contributed by atoms with E-state index in [1.54, 1.807) is 20.1 Å². The van der Waals surface area contributed by atoms with Gasteiger partial charge < -0.3 is 20.1 Å². The van der Waals surface area contributed by atoms with Crippen LogP contribution in [0.1, 0.15) is 51.1 Å². The summed E-state index contributed by atoms with van der Waals surface area (Å²) < 4.78 is 11.8. The zero-order chi connectivity index (χ0) is 19.6. The summed E-state index contributed by atoms with van der Waals surface area (Å²) in [5.41, 5.74) is 1.73. The van der Waals surface area contributed by atoms with Gasteiger partial charge >= 0.3 is 12.0 Å². The molecule has 1 aromatic rings. The van der Waals surface area contributed by atoms with E-state index in [0.717, 1.165) is 35.7 Å². The highest BCUT2D eigenvalue weighted by Gasteiger charge is 2.34. The van der Waals surface area contributed by atoms with Crippen LogP contribution >= 0.6 is 15.9 Å². The van der Waals surface area contributed by atoms with Crippen LogP contribution < -0.4 is 15.4 Å². The number of carbonyl (C=O) groups excluding carboxylic acids is 2. The number of hydrogen-bond acceptors (Lipinski definition) is 4. The van der Waals surface area contributed by atoms with Gasteiger partial charge in [0.15, 0.2) is 0 Å². The van der Waals surface area contributed by atoms with Crippen LogP contribution in [0.25, 0.3) is 0 Å². The van der Waals surface area contributed by atoms with E-state index in [1.165, 1.54) is 0 Å². The molecule has 0 saturated heterocycles. The highest BCUT2D eigenvalue weighted by atomic mass is 79.9. The van der Waals surface area contributed by atoms with Gasteiger partial charge in [0.05, 0.1) is 23.2 Å². The Kier molecular flexibility index (Phi) is 6.09. The fourth-order valence-electron chi connectivity index (χ4n) is 3.64. The van der Waals surface area contributed by atoms with Crippen LogP contribution in [0.2, 0.25) is 0 Å². The lowest BCUT2D eigenvalue weighted by Crippen LogP contribution is -2.45. The summed E-state index contributed by atoms with van der Waals surface area (Å²) in [6.07, 6.45) is 3.85. The zero-order valence-corrected chi connectivity index (χ0v) is 17.4. The topological polar surface area (TPSA) is 76.7 Å². The average Bonchev–Trinajstić information content (AvgIpc) is 2.62. The van der Waals surface area contributed by atoms with Crippen molar-refractivity contribution in [3.63, 3.8) is 0 Å². The summed E-state index contributed by atoms with van der Waals surface area (Å²) in [6.45, 7) is 3.95. The van der Waals surface area contributed by atoms with E-state index in [2.05, 4.69) is 33.5 Å². The molecule has 0 bridgehead atoms. The van der Waals surface area contributed by atoms with Crippen molar-refractivity contribution in [1.29, 1.82) is 0 Å². The van der Waals surface area contributed by atoms with Crippen molar-refractivity contribution in [2.45, 2.75) is 51.7 Å². The number of hydrogen-bond donors (Lipinski definition) is 2. The Morgan fingerprint density at radius 2 is 1.93 bits per heavy atom. The smallest absolute Gasteiger partial charge is 0.338 e. The van der Waals surface area contributed by atoms with Crippen molar-refractivity contribution in [2.75, 3.05) is 7.11 Å². The molecule has 1 fully saturated rings. The quantitative estimate of drug-likeness (QED) is 0.693. The maximum Gasteiger partial charge on any atom is 0.338 e. The predicted octanol–water partition coefficient (Wildman–Crippen LogP) is 4.21. The second kappa shape index (κ2) is 8.33. The molecule has 6 nitrogen and oxygen atoms in total. The minimum Gasteiger partial charge on any atom is -0.496 e. The maximum absolute atomic E-state index is 12.9. The minimum absolute atomic E-state index is 0.0603. The van der Waals surface area contributed by atoms with Gasteiger partial charge in [-0.2, -0.15) is 0 Å². The van der Waals surface area contributed by atoms with Crippen LogP contribution in [0.15, 0.2) is 33.9 Å². The summed E-state index contributed by atoms with van der Waals surface area (Å²) in [7, 11) is 1.59. The third-order valence-corrected chi connectivity index (χ3v) is 5.85. The normalized spacial score (nSPS) is 25.5. The lowest BCUT2D eigenvalue weighted by molar-refractivity contribution is -0.146. The summed E-state index contributed by atoms with van der Waals surface area (Å²) >= 11 is 3.46. The molecule has 0 unspecified atom stereocenters. The number of esters is 1.